The molecule has 0 spiro atoms. The van der Waals surface area contributed by atoms with E-state index < -0.39 is 0 Å². The van der Waals surface area contributed by atoms with Gasteiger partial charge in [-0.2, -0.15) is 0 Å². The second-order valence-electron chi connectivity index (χ2n) is 3.50. The maximum absolute atomic E-state index is 5.63. The molecule has 0 aliphatic heterocycles. The van der Waals surface area contributed by atoms with Crippen LogP contribution in [0.5, 0.6) is 5.75 Å². The summed E-state index contributed by atoms with van der Waals surface area (Å²) in [6.07, 6.45) is 1.83. The maximum atomic E-state index is 5.63. The molecule has 2 N–H and O–H groups in total. The van der Waals surface area contributed by atoms with E-state index in [2.05, 4.69) is 11.9 Å². The molecule has 0 amide bonds. The van der Waals surface area contributed by atoms with Crippen LogP contribution in [0.4, 0.5) is 0 Å². The van der Waals surface area contributed by atoms with Gasteiger partial charge in [0.2, 0.25) is 0 Å². The highest BCUT2D eigenvalue weighted by molar-refractivity contribution is 5.84. The van der Waals surface area contributed by atoms with Crippen molar-refractivity contribution in [1.29, 1.82) is 0 Å². The minimum Gasteiger partial charge on any atom is -0.497 e. The number of nitrogens with zero attached hydrogens (tertiary/aromatic N) is 1. The van der Waals surface area contributed by atoms with Crippen LogP contribution in [0.2, 0.25) is 0 Å². The fourth-order valence-electron chi connectivity index (χ4n) is 1.69. The second kappa shape index (κ2) is 3.87. The topological polar surface area (TPSA) is 48.1 Å². The molecular weight excluding hydrogens is 188 g/mol. The third kappa shape index (κ3) is 1.66. The number of rotatable bonds is 2. The van der Waals surface area contributed by atoms with Crippen LogP contribution in [-0.4, -0.2) is 12.1 Å². The Balaban J connectivity index is 2.68. The van der Waals surface area contributed by atoms with Crippen LogP contribution < -0.4 is 10.5 Å². The fraction of sp³-hybridized carbons (Fsp3) is 0.250. The van der Waals surface area contributed by atoms with Crippen LogP contribution in [0.1, 0.15) is 11.1 Å². The summed E-state index contributed by atoms with van der Waals surface area (Å²) in [5.41, 5.74) is 8.87. The minimum atomic E-state index is 0.529. The summed E-state index contributed by atoms with van der Waals surface area (Å²) >= 11 is 0. The summed E-state index contributed by atoms with van der Waals surface area (Å²) in [5.74, 6) is 0.829. The largest absolute Gasteiger partial charge is 0.497 e. The lowest BCUT2D eigenvalue weighted by atomic mass is 10.1. The van der Waals surface area contributed by atoms with Gasteiger partial charge >= 0.3 is 0 Å². The molecule has 0 atom stereocenters. The van der Waals surface area contributed by atoms with E-state index in [1.165, 1.54) is 5.56 Å². The van der Waals surface area contributed by atoms with Crippen molar-refractivity contribution >= 4 is 10.9 Å². The number of pyridine rings is 1. The lowest BCUT2D eigenvalue weighted by Gasteiger charge is -2.07. The van der Waals surface area contributed by atoms with Crippen LogP contribution in [0, 0.1) is 6.92 Å². The van der Waals surface area contributed by atoms with Crippen LogP contribution >= 0.6 is 0 Å². The lowest BCUT2D eigenvalue weighted by Crippen LogP contribution is -2.00. The van der Waals surface area contributed by atoms with Crippen molar-refractivity contribution in [2.45, 2.75) is 13.5 Å². The van der Waals surface area contributed by atoms with Gasteiger partial charge in [0.15, 0.2) is 0 Å². The fourth-order valence-corrected chi connectivity index (χ4v) is 1.69. The van der Waals surface area contributed by atoms with Crippen molar-refractivity contribution < 1.29 is 4.74 Å². The normalized spacial score (nSPS) is 10.6. The summed E-state index contributed by atoms with van der Waals surface area (Å²) in [6.45, 7) is 2.60. The predicted octanol–water partition coefficient (Wildman–Crippen LogP) is 2.01. The Morgan fingerprint density at radius 2 is 2.20 bits per heavy atom. The van der Waals surface area contributed by atoms with Crippen LogP contribution in [0.3, 0.4) is 0 Å². The molecule has 1 aromatic carbocycles. The molecule has 78 valence electrons. The van der Waals surface area contributed by atoms with Crippen LogP contribution in [0.15, 0.2) is 24.4 Å². The van der Waals surface area contributed by atoms with Gasteiger partial charge in [0.25, 0.3) is 0 Å². The van der Waals surface area contributed by atoms with Crippen molar-refractivity contribution in [1.82, 2.24) is 4.98 Å². The van der Waals surface area contributed by atoms with Crippen molar-refractivity contribution in [2.24, 2.45) is 5.73 Å². The van der Waals surface area contributed by atoms with Gasteiger partial charge in [-0.05, 0) is 30.2 Å². The van der Waals surface area contributed by atoms with Gasteiger partial charge in [-0.15, -0.1) is 0 Å². The van der Waals surface area contributed by atoms with Gasteiger partial charge in [0.05, 0.1) is 12.6 Å². The number of methoxy groups -OCH3 is 1. The minimum absolute atomic E-state index is 0.529. The summed E-state index contributed by atoms with van der Waals surface area (Å²) < 4.78 is 5.15. The molecule has 0 saturated heterocycles. The third-order valence-corrected chi connectivity index (χ3v) is 2.67. The highest BCUT2D eigenvalue weighted by Gasteiger charge is 2.04. The number of fused-ring (bicyclic) bond motifs is 1. The molecule has 0 unspecified atom stereocenters. The number of aromatic nitrogens is 1. The zero-order valence-corrected chi connectivity index (χ0v) is 8.95. The van der Waals surface area contributed by atoms with E-state index in [9.17, 15) is 0 Å². The zero-order valence-electron chi connectivity index (χ0n) is 8.95. The number of hydrogen-bond donors (Lipinski definition) is 1. The number of ether oxygens (including phenoxy) is 1. The van der Waals surface area contributed by atoms with Crippen LogP contribution in [-0.2, 0) is 6.54 Å². The molecule has 3 heteroatoms. The van der Waals surface area contributed by atoms with Gasteiger partial charge < -0.3 is 10.5 Å². The average molecular weight is 202 g/mol. The molecule has 0 aliphatic rings. The quantitative estimate of drug-likeness (QED) is 0.810. The summed E-state index contributed by atoms with van der Waals surface area (Å²) in [4.78, 5) is 4.36. The molecule has 2 aromatic rings. The summed E-state index contributed by atoms with van der Waals surface area (Å²) in [5, 5.41) is 1.14. The van der Waals surface area contributed by atoms with Crippen molar-refractivity contribution in [2.75, 3.05) is 7.11 Å². The molecule has 1 aromatic heterocycles. The Hall–Kier alpha value is -1.61. The SMILES string of the molecule is COc1ccc2c(C)c(CN)cnc2c1. The molecule has 15 heavy (non-hydrogen) atoms. The van der Waals surface area contributed by atoms with Gasteiger partial charge in [0, 0.05) is 24.2 Å². The van der Waals surface area contributed by atoms with Gasteiger partial charge in [-0.3, -0.25) is 4.98 Å². The molecule has 3 nitrogen and oxygen atoms in total. The van der Waals surface area contributed by atoms with Gasteiger partial charge in [-0.1, -0.05) is 0 Å². The van der Waals surface area contributed by atoms with Crippen molar-refractivity contribution in [3.05, 3.63) is 35.5 Å². The Bertz CT molecular complexity index is 494. The third-order valence-electron chi connectivity index (χ3n) is 2.67. The molecule has 2 rings (SSSR count). The standard InChI is InChI=1S/C12H14N2O/c1-8-9(6-13)7-14-12-5-10(15-2)3-4-11(8)12/h3-5,7H,6,13H2,1-2H3. The molecule has 0 fully saturated rings. The highest BCUT2D eigenvalue weighted by atomic mass is 16.5. The number of hydrogen-bond acceptors (Lipinski definition) is 3. The molecule has 0 saturated carbocycles. The monoisotopic (exact) mass is 202 g/mol. The van der Waals surface area contributed by atoms with E-state index in [0.717, 1.165) is 22.2 Å². The molecule has 0 bridgehead atoms. The van der Waals surface area contributed by atoms with Crippen molar-refractivity contribution in [3.8, 4) is 5.75 Å². The summed E-state index contributed by atoms with van der Waals surface area (Å²) in [6, 6.07) is 5.90. The second-order valence-corrected chi connectivity index (χ2v) is 3.50. The molecule has 1 heterocycles. The van der Waals surface area contributed by atoms with Crippen molar-refractivity contribution in [3.63, 3.8) is 0 Å². The van der Waals surface area contributed by atoms with Gasteiger partial charge in [0.1, 0.15) is 5.75 Å². The first-order valence-electron chi connectivity index (χ1n) is 4.88. The zero-order chi connectivity index (χ0) is 10.8. The van der Waals surface area contributed by atoms with E-state index in [4.69, 9.17) is 10.5 Å². The molecular formula is C12H14N2O. The first-order chi connectivity index (χ1) is 7.26. The summed E-state index contributed by atoms with van der Waals surface area (Å²) in [7, 11) is 1.66. The molecule has 0 radical (unpaired) electrons. The number of benzene rings is 1. The number of nitrogens with two attached hydrogens (primary N) is 1. The lowest BCUT2D eigenvalue weighted by molar-refractivity contribution is 0.415. The van der Waals surface area contributed by atoms with Crippen LogP contribution in [0.25, 0.3) is 10.9 Å². The number of aryl methyl sites for hydroxylation is 1. The van der Waals surface area contributed by atoms with E-state index >= 15 is 0 Å². The average Bonchev–Trinajstić information content (AvgIpc) is 2.29. The maximum Gasteiger partial charge on any atom is 0.121 e. The highest BCUT2D eigenvalue weighted by Crippen LogP contribution is 2.23. The Morgan fingerprint density at radius 1 is 1.40 bits per heavy atom. The Labute approximate surface area is 88.9 Å². The first kappa shape index (κ1) is 9.93. The molecule has 0 aliphatic carbocycles. The van der Waals surface area contributed by atoms with E-state index in [0.29, 0.717) is 6.54 Å². The van der Waals surface area contributed by atoms with E-state index in [-0.39, 0.29) is 0 Å². The van der Waals surface area contributed by atoms with Gasteiger partial charge in [-0.25, -0.2) is 0 Å². The first-order valence-corrected chi connectivity index (χ1v) is 4.88. The Kier molecular flexibility index (Phi) is 2.56. The van der Waals surface area contributed by atoms with E-state index in [1.807, 2.05) is 24.4 Å². The predicted molar refractivity (Wildman–Crippen MR) is 60.9 cm³/mol. The van der Waals surface area contributed by atoms with E-state index in [1.54, 1.807) is 7.11 Å². The Morgan fingerprint density at radius 3 is 2.87 bits per heavy atom. The smallest absolute Gasteiger partial charge is 0.121 e.